The number of nitrogens with one attached hydrogen (secondary N) is 3. The number of sulfonamides is 1. The number of methoxy groups -OCH3 is 1. The van der Waals surface area contributed by atoms with E-state index in [9.17, 15) is 8.42 Å². The lowest BCUT2D eigenvalue weighted by atomic mass is 9.67. The topological polar surface area (TPSA) is 91.8 Å². The van der Waals surface area contributed by atoms with Crippen LogP contribution in [0.15, 0.2) is 29.3 Å². The average Bonchev–Trinajstić information content (AvgIpc) is 2.64. The summed E-state index contributed by atoms with van der Waals surface area (Å²) in [6.45, 7) is 8.74. The second-order valence-electron chi connectivity index (χ2n) is 8.49. The molecule has 0 bridgehead atoms. The predicted molar refractivity (Wildman–Crippen MR) is 138 cm³/mol. The highest BCUT2D eigenvalue weighted by Crippen LogP contribution is 2.43. The van der Waals surface area contributed by atoms with Gasteiger partial charge >= 0.3 is 0 Å². The summed E-state index contributed by atoms with van der Waals surface area (Å²) < 4.78 is 32.0. The average molecular weight is 567 g/mol. The third-order valence-electron chi connectivity index (χ3n) is 5.44. The van der Waals surface area contributed by atoms with Crippen molar-refractivity contribution in [2.24, 2.45) is 10.4 Å². The molecule has 0 amide bonds. The second-order valence-corrected chi connectivity index (χ2v) is 10.2. The van der Waals surface area contributed by atoms with Gasteiger partial charge in [-0.2, -0.15) is 0 Å². The maximum Gasteiger partial charge on any atom is 0.216 e. The first-order chi connectivity index (χ1) is 14.3. The van der Waals surface area contributed by atoms with Crippen LogP contribution in [0.25, 0.3) is 0 Å². The van der Waals surface area contributed by atoms with Crippen LogP contribution < -0.4 is 15.4 Å². The molecule has 0 aliphatic heterocycles. The lowest BCUT2D eigenvalue weighted by Crippen LogP contribution is -2.46. The first kappa shape index (κ1) is 28.1. The summed E-state index contributed by atoms with van der Waals surface area (Å²) >= 11 is 0. The Bertz CT molecular complexity index is 778. The Morgan fingerprint density at radius 1 is 1.16 bits per heavy atom. The molecule has 1 aromatic carbocycles. The van der Waals surface area contributed by atoms with Gasteiger partial charge in [0.2, 0.25) is 10.0 Å². The van der Waals surface area contributed by atoms with Crippen molar-refractivity contribution in [3.63, 3.8) is 0 Å². The first-order valence-electron chi connectivity index (χ1n) is 10.9. The fourth-order valence-electron chi connectivity index (χ4n) is 3.65. The number of hydrogen-bond donors (Lipinski definition) is 3. The summed E-state index contributed by atoms with van der Waals surface area (Å²) in [6, 6.07) is 7.50. The molecule has 0 saturated heterocycles. The minimum Gasteiger partial charge on any atom is -0.385 e. The molecule has 0 radical (unpaired) electrons. The molecule has 0 unspecified atom stereocenters. The summed E-state index contributed by atoms with van der Waals surface area (Å²) in [5, 5.41) is 6.81. The Morgan fingerprint density at radius 3 is 2.32 bits per heavy atom. The van der Waals surface area contributed by atoms with Crippen LogP contribution in [0.5, 0.6) is 0 Å². The van der Waals surface area contributed by atoms with Crippen LogP contribution in [-0.4, -0.2) is 47.2 Å². The lowest BCUT2D eigenvalue weighted by molar-refractivity contribution is 0.0732. The van der Waals surface area contributed by atoms with Crippen molar-refractivity contribution in [2.45, 2.75) is 64.8 Å². The van der Waals surface area contributed by atoms with Gasteiger partial charge in [-0.1, -0.05) is 30.7 Å². The van der Waals surface area contributed by atoms with Crippen LogP contribution in [0, 0.1) is 5.41 Å². The van der Waals surface area contributed by atoms with E-state index in [4.69, 9.17) is 9.73 Å². The number of aliphatic imine (C=N–C) groups is 1. The van der Waals surface area contributed by atoms with E-state index in [-0.39, 0.29) is 35.8 Å². The quantitative estimate of drug-likeness (QED) is 0.205. The number of benzene rings is 1. The van der Waals surface area contributed by atoms with Crippen LogP contribution >= 0.6 is 24.0 Å². The van der Waals surface area contributed by atoms with Gasteiger partial charge in [0.05, 0.1) is 12.3 Å². The molecule has 0 atom stereocenters. The molecular weight excluding hydrogens is 527 g/mol. The molecule has 3 N–H and O–H groups in total. The van der Waals surface area contributed by atoms with Gasteiger partial charge in [0.25, 0.3) is 0 Å². The van der Waals surface area contributed by atoms with Crippen LogP contribution in [0.2, 0.25) is 0 Å². The molecule has 1 fully saturated rings. The second kappa shape index (κ2) is 13.6. The zero-order valence-electron chi connectivity index (χ0n) is 19.2. The lowest BCUT2D eigenvalue weighted by Gasteiger charge is -2.42. The summed E-state index contributed by atoms with van der Waals surface area (Å²) in [7, 11) is -1.55. The normalized spacial score (nSPS) is 15.8. The van der Waals surface area contributed by atoms with E-state index in [0.29, 0.717) is 12.0 Å². The summed E-state index contributed by atoms with van der Waals surface area (Å²) in [5.74, 6) is 0.802. The largest absolute Gasteiger partial charge is 0.385 e. The number of guanidine groups is 1. The van der Waals surface area contributed by atoms with E-state index < -0.39 is 10.0 Å². The highest BCUT2D eigenvalue weighted by atomic mass is 127. The highest BCUT2D eigenvalue weighted by molar-refractivity contribution is 14.0. The Morgan fingerprint density at radius 2 is 1.81 bits per heavy atom. The Kier molecular flexibility index (Phi) is 12.3. The number of ether oxygens (including phenoxy) is 1. The van der Waals surface area contributed by atoms with Crippen molar-refractivity contribution in [3.8, 4) is 0 Å². The fourth-order valence-corrected chi connectivity index (χ4v) is 5.09. The van der Waals surface area contributed by atoms with Crippen LogP contribution in [-0.2, 0) is 27.1 Å². The number of rotatable bonds is 12. The molecule has 2 rings (SSSR count). The molecule has 0 aromatic heterocycles. The first-order valence-corrected chi connectivity index (χ1v) is 12.5. The Hall–Kier alpha value is -0.910. The van der Waals surface area contributed by atoms with Crippen molar-refractivity contribution >= 4 is 40.0 Å². The minimum absolute atomic E-state index is 0. The van der Waals surface area contributed by atoms with Gasteiger partial charge in [-0.05, 0) is 56.6 Å². The number of hydrogen-bond acceptors (Lipinski definition) is 4. The Labute approximate surface area is 205 Å². The maximum atomic E-state index is 12.1. The molecule has 9 heteroatoms. The van der Waals surface area contributed by atoms with Gasteiger partial charge in [0, 0.05) is 32.8 Å². The zero-order valence-corrected chi connectivity index (χ0v) is 22.4. The summed E-state index contributed by atoms with van der Waals surface area (Å²) in [4.78, 5) is 4.70. The van der Waals surface area contributed by atoms with E-state index in [0.717, 1.165) is 43.2 Å². The monoisotopic (exact) mass is 566 g/mol. The van der Waals surface area contributed by atoms with E-state index in [1.807, 2.05) is 38.1 Å². The molecule has 31 heavy (non-hydrogen) atoms. The molecular formula is C22H39IN4O3S. The van der Waals surface area contributed by atoms with E-state index >= 15 is 0 Å². The van der Waals surface area contributed by atoms with Crippen LogP contribution in [0.4, 0.5) is 0 Å². The van der Waals surface area contributed by atoms with E-state index in [2.05, 4.69) is 22.3 Å². The predicted octanol–water partition coefficient (Wildman–Crippen LogP) is 3.39. The van der Waals surface area contributed by atoms with Crippen molar-refractivity contribution in [1.29, 1.82) is 0 Å². The number of halogens is 1. The fraction of sp³-hybridized carbons (Fsp3) is 0.682. The molecule has 1 aliphatic carbocycles. The Balaban J connectivity index is 0.00000480. The van der Waals surface area contributed by atoms with Gasteiger partial charge in [-0.25, -0.2) is 18.1 Å². The smallest absolute Gasteiger partial charge is 0.216 e. The maximum absolute atomic E-state index is 12.1. The van der Waals surface area contributed by atoms with Crippen LogP contribution in [0.1, 0.15) is 57.6 Å². The molecule has 1 aromatic rings. The molecule has 0 spiro atoms. The van der Waals surface area contributed by atoms with E-state index in [1.54, 1.807) is 7.11 Å². The summed E-state index contributed by atoms with van der Waals surface area (Å²) in [5.41, 5.74) is 2.14. The van der Waals surface area contributed by atoms with Crippen molar-refractivity contribution in [1.82, 2.24) is 15.4 Å². The SMILES string of the molecule is CCNC(=NCc1ccc(CS(=O)(=O)NC(C)C)cc1)NCC1(CCOC)CCC1.I. The van der Waals surface area contributed by atoms with Crippen molar-refractivity contribution in [3.05, 3.63) is 35.4 Å². The molecule has 7 nitrogen and oxygen atoms in total. The minimum atomic E-state index is -3.31. The molecule has 1 aliphatic rings. The van der Waals surface area contributed by atoms with Gasteiger partial charge in [-0.15, -0.1) is 24.0 Å². The third kappa shape index (κ3) is 10.0. The van der Waals surface area contributed by atoms with Crippen molar-refractivity contribution in [2.75, 3.05) is 26.8 Å². The molecule has 178 valence electrons. The zero-order chi connectivity index (χ0) is 22.0. The van der Waals surface area contributed by atoms with Gasteiger partial charge in [0.15, 0.2) is 5.96 Å². The summed E-state index contributed by atoms with van der Waals surface area (Å²) in [6.07, 6.45) is 4.83. The third-order valence-corrected chi connectivity index (χ3v) is 6.98. The number of nitrogens with zero attached hydrogens (tertiary/aromatic N) is 1. The van der Waals surface area contributed by atoms with Crippen LogP contribution in [0.3, 0.4) is 0 Å². The van der Waals surface area contributed by atoms with Crippen molar-refractivity contribution < 1.29 is 13.2 Å². The molecule has 1 saturated carbocycles. The standard InChI is InChI=1S/C22H38N4O3S.HI/c1-5-23-21(25-17-22(11-6-12-22)13-14-29-4)24-15-19-7-9-20(10-8-19)16-30(27,28)26-18(2)3;/h7-10,18,26H,5-6,11-17H2,1-4H3,(H2,23,24,25);1H. The van der Waals surface area contributed by atoms with Gasteiger partial charge < -0.3 is 15.4 Å². The van der Waals surface area contributed by atoms with Gasteiger partial charge in [0.1, 0.15) is 0 Å². The molecule has 0 heterocycles. The van der Waals surface area contributed by atoms with Gasteiger partial charge in [-0.3, -0.25) is 0 Å². The van der Waals surface area contributed by atoms with E-state index in [1.165, 1.54) is 19.3 Å². The highest BCUT2D eigenvalue weighted by Gasteiger charge is 2.36.